The number of esters is 1. The summed E-state index contributed by atoms with van der Waals surface area (Å²) in [4.78, 5) is 11.3. The summed E-state index contributed by atoms with van der Waals surface area (Å²) in [5.74, 6) is -0.379. The molecule has 8 heteroatoms. The maximum Gasteiger partial charge on any atom is 0.308 e. The normalized spacial score (nSPS) is 40.2. The highest BCUT2D eigenvalue weighted by Gasteiger charge is 2.49. The van der Waals surface area contributed by atoms with Crippen molar-refractivity contribution in [3.8, 4) is 0 Å². The van der Waals surface area contributed by atoms with Gasteiger partial charge in [0.25, 0.3) is 0 Å². The molecular weight excluding hydrogens is 407 g/mol. The van der Waals surface area contributed by atoms with Crippen molar-refractivity contribution >= 4 is 28.6 Å². The summed E-state index contributed by atoms with van der Waals surface area (Å²) >= 11 is 1.96. The van der Waals surface area contributed by atoms with E-state index in [1.54, 1.807) is 4.08 Å². The first-order valence-electron chi connectivity index (χ1n) is 7.16. The van der Waals surface area contributed by atoms with Crippen molar-refractivity contribution in [3.05, 3.63) is 10.2 Å². The largest absolute Gasteiger partial charge is 0.469 e. The quantitative estimate of drug-likeness (QED) is 0.424. The first kappa shape index (κ1) is 18.1. The Morgan fingerprint density at radius 2 is 2.09 bits per heavy atom. The van der Waals surface area contributed by atoms with Gasteiger partial charge in [0.2, 0.25) is 0 Å². The smallest absolute Gasteiger partial charge is 0.308 e. The van der Waals surface area contributed by atoms with E-state index in [9.17, 15) is 20.1 Å². The van der Waals surface area contributed by atoms with Gasteiger partial charge in [0, 0.05) is 0 Å². The van der Waals surface area contributed by atoms with Gasteiger partial charge in [0.15, 0.2) is 0 Å². The summed E-state index contributed by atoms with van der Waals surface area (Å²) in [6.07, 6.45) is -3.09. The van der Waals surface area contributed by atoms with Crippen molar-refractivity contribution in [2.24, 2.45) is 0 Å². The van der Waals surface area contributed by atoms with Crippen LogP contribution in [0.3, 0.4) is 0 Å². The third-order valence-electron chi connectivity index (χ3n) is 4.07. The van der Waals surface area contributed by atoms with Crippen LogP contribution in [0.1, 0.15) is 19.3 Å². The zero-order chi connectivity index (χ0) is 16.3. The molecule has 0 aromatic heterocycles. The van der Waals surface area contributed by atoms with Gasteiger partial charge < -0.3 is 29.5 Å². The van der Waals surface area contributed by atoms with Crippen molar-refractivity contribution in [1.82, 2.24) is 0 Å². The first-order valence-corrected chi connectivity index (χ1v) is 8.41. The van der Waals surface area contributed by atoms with E-state index >= 15 is 0 Å². The van der Waals surface area contributed by atoms with Gasteiger partial charge in [-0.3, -0.25) is 4.79 Å². The Hall–Kier alpha value is -0.260. The molecule has 2 fully saturated rings. The van der Waals surface area contributed by atoms with Crippen LogP contribution in [0.25, 0.3) is 0 Å². The van der Waals surface area contributed by atoms with Crippen LogP contribution in [0, 0.1) is 0 Å². The van der Waals surface area contributed by atoms with Gasteiger partial charge in [-0.15, -0.1) is 0 Å². The molecule has 2 heterocycles. The monoisotopic (exact) mass is 428 g/mol. The highest BCUT2D eigenvalue weighted by atomic mass is 127. The van der Waals surface area contributed by atoms with Crippen LogP contribution in [0.15, 0.2) is 10.2 Å². The minimum absolute atomic E-state index is 0.103. The predicted octanol–water partition coefficient (Wildman–Crippen LogP) is -0.104. The molecule has 0 aromatic rings. The van der Waals surface area contributed by atoms with Crippen LogP contribution in [0.4, 0.5) is 0 Å². The number of hydrogen-bond donors (Lipinski definition) is 3. The van der Waals surface area contributed by atoms with Gasteiger partial charge in [0.05, 0.1) is 25.7 Å². The van der Waals surface area contributed by atoms with E-state index < -0.39 is 36.6 Å². The van der Waals surface area contributed by atoms with Gasteiger partial charge in [0.1, 0.15) is 30.5 Å². The number of carbonyl (C=O) groups excluding carboxylic acids is 1. The summed E-state index contributed by atoms with van der Waals surface area (Å²) in [7, 11) is 1.31. The number of halogens is 1. The summed E-state index contributed by atoms with van der Waals surface area (Å²) in [5, 5.41) is 30.4. The number of aliphatic hydroxyl groups excluding tert-OH is 3. The highest BCUT2D eigenvalue weighted by molar-refractivity contribution is 14.1. The molecule has 1 unspecified atom stereocenters. The molecule has 22 heavy (non-hydrogen) atoms. The van der Waals surface area contributed by atoms with Crippen molar-refractivity contribution in [2.75, 3.05) is 7.11 Å². The molecule has 7 nitrogen and oxygen atoms in total. The molecule has 0 aromatic carbocycles. The average molecular weight is 428 g/mol. The molecule has 126 valence electrons. The number of fused-ring (bicyclic) bond motifs is 1. The number of aliphatic hydroxyl groups is 3. The van der Waals surface area contributed by atoms with Gasteiger partial charge in [-0.2, -0.15) is 0 Å². The van der Waals surface area contributed by atoms with E-state index in [1.807, 2.05) is 22.6 Å². The third kappa shape index (κ3) is 3.98. The molecule has 0 amide bonds. The lowest BCUT2D eigenvalue weighted by atomic mass is 9.87. The molecule has 2 aliphatic rings. The van der Waals surface area contributed by atoms with Crippen LogP contribution in [-0.2, 0) is 19.0 Å². The highest BCUT2D eigenvalue weighted by Crippen LogP contribution is 2.34. The number of rotatable bonds is 4. The summed E-state index contributed by atoms with van der Waals surface area (Å²) in [5.41, 5.74) is 0. The lowest BCUT2D eigenvalue weighted by Gasteiger charge is -2.47. The number of ether oxygens (including phenoxy) is 3. The average Bonchev–Trinajstić information content (AvgIpc) is 2.51. The Balaban J connectivity index is 2.02. The maximum atomic E-state index is 11.3. The minimum Gasteiger partial charge on any atom is -0.469 e. The standard InChI is InChI=1S/C14H21IO7/c1-20-10(17)6-7-2-3-9-14(21-7)12(19)11(18)13(22-9)8(16)4-5-15/h4-5,7-9,11-14,16,18-19H,2-3,6H2,1H3/b5-4+/t7-,8+,9+,11+,12-,13?,14+/m1/s1. The molecule has 0 saturated carbocycles. The van der Waals surface area contributed by atoms with Crippen LogP contribution in [0.2, 0.25) is 0 Å². The summed E-state index contributed by atoms with van der Waals surface area (Å²) in [6, 6.07) is 0. The molecule has 0 bridgehead atoms. The van der Waals surface area contributed by atoms with Crippen molar-refractivity contribution in [2.45, 2.75) is 62.0 Å². The van der Waals surface area contributed by atoms with Crippen LogP contribution in [-0.4, -0.2) is 71.1 Å². The fraction of sp³-hybridized carbons (Fsp3) is 0.786. The van der Waals surface area contributed by atoms with Crippen LogP contribution in [0.5, 0.6) is 0 Å². The molecule has 0 aliphatic carbocycles. The van der Waals surface area contributed by atoms with Crippen molar-refractivity contribution in [1.29, 1.82) is 0 Å². The lowest BCUT2D eigenvalue weighted by Crippen LogP contribution is -2.63. The Kier molecular flexibility index (Phi) is 6.59. The van der Waals surface area contributed by atoms with Gasteiger partial charge in [-0.25, -0.2) is 0 Å². The van der Waals surface area contributed by atoms with E-state index in [0.717, 1.165) is 0 Å². The van der Waals surface area contributed by atoms with Gasteiger partial charge in [-0.1, -0.05) is 22.6 Å². The predicted molar refractivity (Wildman–Crippen MR) is 84.4 cm³/mol. The van der Waals surface area contributed by atoms with Crippen LogP contribution >= 0.6 is 22.6 Å². The Labute approximate surface area is 142 Å². The second-order valence-corrected chi connectivity index (χ2v) is 6.23. The number of methoxy groups -OCH3 is 1. The van der Waals surface area contributed by atoms with E-state index in [1.165, 1.54) is 13.2 Å². The second-order valence-electron chi connectivity index (χ2n) is 5.51. The zero-order valence-electron chi connectivity index (χ0n) is 12.2. The molecule has 2 rings (SSSR count). The Morgan fingerprint density at radius 3 is 2.73 bits per heavy atom. The van der Waals surface area contributed by atoms with E-state index in [0.29, 0.717) is 12.8 Å². The molecular formula is C14H21IO7. The molecule has 3 N–H and O–H groups in total. The molecule has 2 saturated heterocycles. The van der Waals surface area contributed by atoms with E-state index in [-0.39, 0.29) is 18.5 Å². The van der Waals surface area contributed by atoms with Crippen LogP contribution < -0.4 is 0 Å². The molecule has 7 atom stereocenters. The molecule has 0 spiro atoms. The maximum absolute atomic E-state index is 11.3. The van der Waals surface area contributed by atoms with Crippen molar-refractivity contribution in [3.63, 3.8) is 0 Å². The van der Waals surface area contributed by atoms with E-state index in [4.69, 9.17) is 9.47 Å². The van der Waals surface area contributed by atoms with Gasteiger partial charge in [-0.05, 0) is 23.0 Å². The SMILES string of the molecule is COC(=O)C[C@H]1CC[C@@H]2OC([C@@H](O)/C=C/I)[C@@H](O)[C@@H](O)[C@H]2O1. The third-order valence-corrected chi connectivity index (χ3v) is 4.49. The topological polar surface area (TPSA) is 105 Å². The van der Waals surface area contributed by atoms with Crippen molar-refractivity contribution < 1.29 is 34.3 Å². The molecule has 0 radical (unpaired) electrons. The Bertz CT molecular complexity index is 414. The zero-order valence-corrected chi connectivity index (χ0v) is 14.3. The fourth-order valence-electron chi connectivity index (χ4n) is 2.90. The summed E-state index contributed by atoms with van der Waals surface area (Å²) in [6.45, 7) is 0. The fourth-order valence-corrected chi connectivity index (χ4v) is 3.32. The number of hydrogen-bond acceptors (Lipinski definition) is 7. The first-order chi connectivity index (χ1) is 10.5. The minimum atomic E-state index is -1.26. The Morgan fingerprint density at radius 1 is 1.36 bits per heavy atom. The lowest BCUT2D eigenvalue weighted by molar-refractivity contribution is -0.274. The second kappa shape index (κ2) is 8.02. The molecule has 2 aliphatic heterocycles. The van der Waals surface area contributed by atoms with Gasteiger partial charge >= 0.3 is 5.97 Å². The number of carbonyl (C=O) groups is 1. The van der Waals surface area contributed by atoms with E-state index in [2.05, 4.69) is 4.74 Å². The summed E-state index contributed by atoms with van der Waals surface area (Å²) < 4.78 is 17.6.